The number of nitrogens with zero attached hydrogens (tertiary/aromatic N) is 1. The molecule has 0 aliphatic carbocycles. The first kappa shape index (κ1) is 16.7. The van der Waals surface area contributed by atoms with Crippen molar-refractivity contribution in [3.8, 4) is 0 Å². The van der Waals surface area contributed by atoms with Crippen LogP contribution in [0, 0.1) is 5.82 Å². The molecule has 1 aliphatic rings. The van der Waals surface area contributed by atoms with E-state index in [4.69, 9.17) is 0 Å². The van der Waals surface area contributed by atoms with Crippen LogP contribution in [0.15, 0.2) is 24.3 Å². The third kappa shape index (κ3) is 4.69. The van der Waals surface area contributed by atoms with E-state index in [1.54, 1.807) is 6.07 Å². The van der Waals surface area contributed by atoms with Gasteiger partial charge >= 0.3 is 6.03 Å². The molecule has 0 radical (unpaired) electrons. The van der Waals surface area contributed by atoms with Crippen LogP contribution in [0.25, 0.3) is 0 Å². The molecule has 1 saturated heterocycles. The molecule has 7 heteroatoms. The molecule has 0 spiro atoms. The maximum Gasteiger partial charge on any atom is 0.317 e. The van der Waals surface area contributed by atoms with E-state index >= 15 is 0 Å². The van der Waals surface area contributed by atoms with Crippen molar-refractivity contribution < 1.29 is 17.6 Å². The summed E-state index contributed by atoms with van der Waals surface area (Å²) in [5.74, 6) is -0.259. The van der Waals surface area contributed by atoms with E-state index in [-0.39, 0.29) is 18.4 Å². The number of halogens is 1. The lowest BCUT2D eigenvalue weighted by Gasteiger charge is -2.17. The summed E-state index contributed by atoms with van der Waals surface area (Å²) in [4.78, 5) is 13.5. The number of sulfone groups is 1. The standard InChI is InChI=1S/C15H21FN2O3S/c1-22(20,21)14-7-9-18(11-14)15(19)17-8-3-5-12-4-2-6-13(16)10-12/h2,4,6,10,14H,3,5,7-9,11H2,1H3,(H,17,19)/t14-/m1/s1. The average molecular weight is 328 g/mol. The Morgan fingerprint density at radius 1 is 1.45 bits per heavy atom. The van der Waals surface area contributed by atoms with Crippen LogP contribution in [0.4, 0.5) is 9.18 Å². The topological polar surface area (TPSA) is 66.5 Å². The van der Waals surface area contributed by atoms with E-state index in [0.717, 1.165) is 5.56 Å². The van der Waals surface area contributed by atoms with Crippen molar-refractivity contribution in [3.05, 3.63) is 35.6 Å². The first-order chi connectivity index (χ1) is 10.4. The predicted octanol–water partition coefficient (Wildman–Crippen LogP) is 1.59. The number of urea groups is 1. The van der Waals surface area contributed by atoms with Crippen LogP contribution in [0.3, 0.4) is 0 Å². The summed E-state index contributed by atoms with van der Waals surface area (Å²) in [5, 5.41) is 2.33. The summed E-state index contributed by atoms with van der Waals surface area (Å²) in [6.45, 7) is 1.21. The summed E-state index contributed by atoms with van der Waals surface area (Å²) in [6.07, 6.45) is 3.09. The molecule has 5 nitrogen and oxygen atoms in total. The van der Waals surface area contributed by atoms with Crippen molar-refractivity contribution in [1.82, 2.24) is 10.2 Å². The maximum absolute atomic E-state index is 13.0. The monoisotopic (exact) mass is 328 g/mol. The number of likely N-dealkylation sites (tertiary alicyclic amines) is 1. The van der Waals surface area contributed by atoms with Gasteiger partial charge in [0.1, 0.15) is 5.82 Å². The Bertz CT molecular complexity index is 633. The van der Waals surface area contributed by atoms with Gasteiger partial charge in [-0.05, 0) is 37.0 Å². The van der Waals surface area contributed by atoms with E-state index in [2.05, 4.69) is 5.32 Å². The van der Waals surface area contributed by atoms with Gasteiger partial charge in [-0.15, -0.1) is 0 Å². The number of amides is 2. The first-order valence-corrected chi connectivity index (χ1v) is 9.28. The Kier molecular flexibility index (Phi) is 5.39. The molecule has 1 aliphatic heterocycles. The van der Waals surface area contributed by atoms with Gasteiger partial charge in [0.15, 0.2) is 9.84 Å². The Morgan fingerprint density at radius 3 is 2.86 bits per heavy atom. The molecule has 1 atom stereocenters. The van der Waals surface area contributed by atoms with Crippen molar-refractivity contribution in [2.24, 2.45) is 0 Å². The molecule has 1 heterocycles. The summed E-state index contributed by atoms with van der Waals surface area (Å²) in [6, 6.07) is 6.17. The lowest BCUT2D eigenvalue weighted by molar-refractivity contribution is 0.209. The molecule has 1 aromatic rings. The van der Waals surface area contributed by atoms with Crippen molar-refractivity contribution in [2.75, 3.05) is 25.9 Å². The predicted molar refractivity (Wildman–Crippen MR) is 82.9 cm³/mol. The molecule has 1 aromatic carbocycles. The molecule has 1 fully saturated rings. The number of benzene rings is 1. The van der Waals surface area contributed by atoms with Crippen LogP contribution in [0.5, 0.6) is 0 Å². The van der Waals surface area contributed by atoms with Gasteiger partial charge in [-0.2, -0.15) is 0 Å². The molecule has 0 aromatic heterocycles. The van der Waals surface area contributed by atoms with E-state index in [1.165, 1.54) is 23.3 Å². The molecule has 2 amide bonds. The molecule has 22 heavy (non-hydrogen) atoms. The lowest BCUT2D eigenvalue weighted by Crippen LogP contribution is -2.40. The van der Waals surface area contributed by atoms with E-state index in [0.29, 0.717) is 32.4 Å². The minimum Gasteiger partial charge on any atom is -0.338 e. The minimum atomic E-state index is -3.09. The quantitative estimate of drug-likeness (QED) is 0.835. The second-order valence-corrected chi connectivity index (χ2v) is 7.98. The number of rotatable bonds is 5. The number of nitrogens with one attached hydrogen (secondary N) is 1. The highest BCUT2D eigenvalue weighted by Crippen LogP contribution is 2.16. The Morgan fingerprint density at radius 2 is 2.23 bits per heavy atom. The minimum absolute atomic E-state index is 0.231. The fraction of sp³-hybridized carbons (Fsp3) is 0.533. The number of aryl methyl sites for hydroxylation is 1. The van der Waals surface area contributed by atoms with Gasteiger partial charge in [-0.1, -0.05) is 12.1 Å². The zero-order chi connectivity index (χ0) is 16.2. The average Bonchev–Trinajstić information content (AvgIpc) is 2.93. The maximum atomic E-state index is 13.0. The van der Waals surface area contributed by atoms with Crippen molar-refractivity contribution in [2.45, 2.75) is 24.5 Å². The highest BCUT2D eigenvalue weighted by Gasteiger charge is 2.32. The molecular formula is C15H21FN2O3S. The summed E-state index contributed by atoms with van der Waals surface area (Å²) >= 11 is 0. The van der Waals surface area contributed by atoms with Gasteiger partial charge in [0.2, 0.25) is 0 Å². The fourth-order valence-electron chi connectivity index (χ4n) is 2.55. The van der Waals surface area contributed by atoms with Crippen molar-refractivity contribution in [3.63, 3.8) is 0 Å². The number of carbonyl (C=O) groups excluding carboxylic acids is 1. The summed E-state index contributed by atoms with van der Waals surface area (Å²) < 4.78 is 35.9. The van der Waals surface area contributed by atoms with Crippen LogP contribution < -0.4 is 5.32 Å². The molecule has 0 bridgehead atoms. The van der Waals surface area contributed by atoms with Crippen molar-refractivity contribution >= 4 is 15.9 Å². The number of carbonyl (C=O) groups is 1. The van der Waals surface area contributed by atoms with Crippen LogP contribution in [0.1, 0.15) is 18.4 Å². The van der Waals surface area contributed by atoms with Gasteiger partial charge in [0.05, 0.1) is 5.25 Å². The van der Waals surface area contributed by atoms with E-state index in [9.17, 15) is 17.6 Å². The Labute approximate surface area is 130 Å². The van der Waals surface area contributed by atoms with Gasteiger partial charge in [0, 0.05) is 25.9 Å². The lowest BCUT2D eigenvalue weighted by atomic mass is 10.1. The summed E-state index contributed by atoms with van der Waals surface area (Å²) in [5.41, 5.74) is 0.896. The SMILES string of the molecule is CS(=O)(=O)[C@@H]1CCN(C(=O)NCCCc2cccc(F)c2)C1. The van der Waals surface area contributed by atoms with E-state index in [1.807, 2.05) is 6.07 Å². The smallest absolute Gasteiger partial charge is 0.317 e. The van der Waals surface area contributed by atoms with Crippen molar-refractivity contribution in [1.29, 1.82) is 0 Å². The van der Waals surface area contributed by atoms with Crippen LogP contribution in [-0.2, 0) is 16.3 Å². The zero-order valence-electron chi connectivity index (χ0n) is 12.6. The van der Waals surface area contributed by atoms with Crippen LogP contribution >= 0.6 is 0 Å². The third-order valence-corrected chi connectivity index (χ3v) is 5.44. The summed E-state index contributed by atoms with van der Waals surface area (Å²) in [7, 11) is -3.09. The molecule has 1 N–H and O–H groups in total. The number of hydrogen-bond donors (Lipinski definition) is 1. The largest absolute Gasteiger partial charge is 0.338 e. The normalized spacial score (nSPS) is 18.5. The van der Waals surface area contributed by atoms with Gasteiger partial charge in [-0.3, -0.25) is 0 Å². The zero-order valence-corrected chi connectivity index (χ0v) is 13.4. The second-order valence-electron chi connectivity index (χ2n) is 5.65. The molecule has 2 rings (SSSR count). The van der Waals surface area contributed by atoms with Gasteiger partial charge in [-0.25, -0.2) is 17.6 Å². The molecule has 0 unspecified atom stereocenters. The first-order valence-electron chi connectivity index (χ1n) is 7.32. The van der Waals surface area contributed by atoms with Crippen LogP contribution in [-0.4, -0.2) is 50.5 Å². The highest BCUT2D eigenvalue weighted by molar-refractivity contribution is 7.91. The Balaban J connectivity index is 1.70. The molecule has 0 saturated carbocycles. The third-order valence-electron chi connectivity index (χ3n) is 3.85. The number of hydrogen-bond acceptors (Lipinski definition) is 3. The second kappa shape index (κ2) is 7.09. The van der Waals surface area contributed by atoms with Crippen LogP contribution in [0.2, 0.25) is 0 Å². The highest BCUT2D eigenvalue weighted by atomic mass is 32.2. The molecular weight excluding hydrogens is 307 g/mol. The Hall–Kier alpha value is -1.63. The van der Waals surface area contributed by atoms with Gasteiger partial charge in [0.25, 0.3) is 0 Å². The van der Waals surface area contributed by atoms with E-state index < -0.39 is 15.1 Å². The molecule has 122 valence electrons. The fourth-order valence-corrected chi connectivity index (χ4v) is 3.54. The van der Waals surface area contributed by atoms with Gasteiger partial charge < -0.3 is 10.2 Å².